The number of anilines is 1. The van der Waals surface area contributed by atoms with E-state index in [4.69, 9.17) is 15.9 Å². The Bertz CT molecular complexity index is 944. The van der Waals surface area contributed by atoms with Crippen LogP contribution in [0.4, 0.5) is 5.69 Å². The third-order valence-corrected chi connectivity index (χ3v) is 4.02. The maximum Gasteiger partial charge on any atom is 0.337 e. The molecule has 0 fully saturated rings. The molecule has 0 spiro atoms. The van der Waals surface area contributed by atoms with Crippen molar-refractivity contribution in [3.8, 4) is 12.3 Å². The van der Waals surface area contributed by atoms with E-state index in [1.54, 1.807) is 25.1 Å². The average molecular weight is 365 g/mol. The van der Waals surface area contributed by atoms with Gasteiger partial charge in [-0.25, -0.2) is 9.69 Å². The number of hydrogen-bond donors (Lipinski definition) is 0. The first kappa shape index (κ1) is 19.7. The fraction of sp³-hybridized carbons (Fsp3) is 0.190. The van der Waals surface area contributed by atoms with Crippen LogP contribution in [0.2, 0.25) is 0 Å². The number of carbonyl (C=O) groups excluding carboxylic acids is 3. The molecule has 0 N–H and O–H groups in total. The maximum absolute atomic E-state index is 13.0. The van der Waals surface area contributed by atoms with Crippen LogP contribution in [-0.2, 0) is 19.1 Å². The Hall–Kier alpha value is -3.59. The van der Waals surface area contributed by atoms with Gasteiger partial charge in [0.1, 0.15) is 5.76 Å². The Morgan fingerprint density at radius 2 is 1.93 bits per heavy atom. The molecular weight excluding hydrogens is 346 g/mol. The van der Waals surface area contributed by atoms with Crippen molar-refractivity contribution < 1.29 is 23.9 Å². The Morgan fingerprint density at radius 1 is 1.22 bits per heavy atom. The second-order valence-electron chi connectivity index (χ2n) is 5.54. The van der Waals surface area contributed by atoms with Crippen LogP contribution < -0.4 is 4.90 Å². The molecule has 1 aliphatic rings. The number of rotatable bonds is 4. The molecule has 1 heterocycles. The highest BCUT2D eigenvalue weighted by atomic mass is 16.5. The Balaban J connectivity index is 2.79. The molecule has 1 aliphatic heterocycles. The summed E-state index contributed by atoms with van der Waals surface area (Å²) in [5.41, 5.74) is 1.82. The van der Waals surface area contributed by atoms with E-state index in [2.05, 4.69) is 5.92 Å². The number of hydrogen-bond acceptors (Lipinski definition) is 5. The summed E-state index contributed by atoms with van der Waals surface area (Å²) in [7, 11) is 2.69. The third kappa shape index (κ3) is 3.53. The Labute approximate surface area is 157 Å². The van der Waals surface area contributed by atoms with E-state index in [-0.39, 0.29) is 16.9 Å². The van der Waals surface area contributed by atoms with E-state index in [9.17, 15) is 14.4 Å². The maximum atomic E-state index is 13.0. The largest absolute Gasteiger partial charge is 0.495 e. The first-order valence-electron chi connectivity index (χ1n) is 8.06. The van der Waals surface area contributed by atoms with E-state index in [0.717, 1.165) is 4.90 Å². The number of carbonyl (C=O) groups is 3. The minimum atomic E-state index is -0.566. The molecule has 0 saturated heterocycles. The van der Waals surface area contributed by atoms with Gasteiger partial charge in [0.15, 0.2) is 0 Å². The Morgan fingerprint density at radius 3 is 2.44 bits per heavy atom. The van der Waals surface area contributed by atoms with E-state index in [0.29, 0.717) is 16.8 Å². The number of fused-ring (bicyclic) bond motifs is 1. The van der Waals surface area contributed by atoms with Gasteiger partial charge in [0.2, 0.25) is 5.91 Å². The van der Waals surface area contributed by atoms with Crippen molar-refractivity contribution in [2.75, 3.05) is 19.1 Å². The van der Waals surface area contributed by atoms with Gasteiger partial charge in [-0.15, -0.1) is 6.42 Å². The van der Waals surface area contributed by atoms with Crippen LogP contribution in [0.15, 0.2) is 47.8 Å². The van der Waals surface area contributed by atoms with Crippen molar-refractivity contribution >= 4 is 29.0 Å². The van der Waals surface area contributed by atoms with E-state index < -0.39 is 17.8 Å². The average Bonchev–Trinajstić information content (AvgIpc) is 2.95. The van der Waals surface area contributed by atoms with Crippen molar-refractivity contribution in [2.45, 2.75) is 13.8 Å². The quantitative estimate of drug-likeness (QED) is 0.270. The molecule has 27 heavy (non-hydrogen) atoms. The van der Waals surface area contributed by atoms with Gasteiger partial charge in [0.25, 0.3) is 5.91 Å². The molecule has 138 valence electrons. The lowest BCUT2D eigenvalue weighted by molar-refractivity contribution is -0.122. The van der Waals surface area contributed by atoms with Crippen LogP contribution >= 0.6 is 0 Å². The van der Waals surface area contributed by atoms with Crippen molar-refractivity contribution in [1.29, 1.82) is 0 Å². The molecule has 6 nitrogen and oxygen atoms in total. The fourth-order valence-corrected chi connectivity index (χ4v) is 2.85. The number of methoxy groups -OCH3 is 2. The molecule has 6 heteroatoms. The highest BCUT2D eigenvalue weighted by Gasteiger charge is 2.38. The van der Waals surface area contributed by atoms with Crippen LogP contribution in [0.1, 0.15) is 29.8 Å². The summed E-state index contributed by atoms with van der Waals surface area (Å²) in [5, 5.41) is 0. The number of benzene rings is 1. The minimum absolute atomic E-state index is 0.217. The van der Waals surface area contributed by atoms with Crippen molar-refractivity contribution in [3.05, 3.63) is 58.9 Å². The predicted molar refractivity (Wildman–Crippen MR) is 102 cm³/mol. The number of terminal acetylenes is 1. The van der Waals surface area contributed by atoms with Gasteiger partial charge in [-0.2, -0.15) is 0 Å². The zero-order valence-corrected chi connectivity index (χ0v) is 15.5. The highest BCUT2D eigenvalue weighted by molar-refractivity contribution is 6.40. The van der Waals surface area contributed by atoms with Gasteiger partial charge in [-0.1, -0.05) is 18.1 Å². The normalized spacial score (nSPS) is 15.4. The van der Waals surface area contributed by atoms with Crippen LogP contribution in [-0.4, -0.2) is 32.0 Å². The van der Waals surface area contributed by atoms with Crippen LogP contribution in [0.25, 0.3) is 5.57 Å². The van der Waals surface area contributed by atoms with E-state index in [1.165, 1.54) is 39.4 Å². The van der Waals surface area contributed by atoms with E-state index >= 15 is 0 Å². The summed E-state index contributed by atoms with van der Waals surface area (Å²) in [6, 6.07) is 4.57. The zero-order chi connectivity index (χ0) is 20.1. The van der Waals surface area contributed by atoms with Gasteiger partial charge in [0, 0.05) is 18.1 Å². The van der Waals surface area contributed by atoms with E-state index in [1.807, 2.05) is 0 Å². The molecule has 0 unspecified atom stereocenters. The number of esters is 1. The van der Waals surface area contributed by atoms with Crippen molar-refractivity contribution in [2.24, 2.45) is 0 Å². The second kappa shape index (κ2) is 8.19. The van der Waals surface area contributed by atoms with Crippen LogP contribution in [0, 0.1) is 12.3 Å². The lowest BCUT2D eigenvalue weighted by atomic mass is 10.00. The molecule has 0 bridgehead atoms. The van der Waals surface area contributed by atoms with Gasteiger partial charge >= 0.3 is 5.97 Å². The number of ether oxygens (including phenoxy) is 2. The monoisotopic (exact) mass is 365 g/mol. The fourth-order valence-electron chi connectivity index (χ4n) is 2.85. The summed E-state index contributed by atoms with van der Waals surface area (Å²) in [4.78, 5) is 38.0. The predicted octanol–water partition coefficient (Wildman–Crippen LogP) is 2.86. The van der Waals surface area contributed by atoms with Gasteiger partial charge < -0.3 is 9.47 Å². The first-order valence-corrected chi connectivity index (χ1v) is 8.06. The lowest BCUT2D eigenvalue weighted by Gasteiger charge is -2.13. The van der Waals surface area contributed by atoms with Crippen molar-refractivity contribution in [3.63, 3.8) is 0 Å². The summed E-state index contributed by atoms with van der Waals surface area (Å²) in [6.45, 7) is 3.05. The second-order valence-corrected chi connectivity index (χ2v) is 5.54. The molecule has 1 aromatic rings. The molecule has 2 rings (SSSR count). The number of amides is 2. The lowest BCUT2D eigenvalue weighted by Crippen LogP contribution is -2.31. The molecule has 2 amide bonds. The molecule has 0 saturated carbocycles. The molecule has 0 radical (unpaired) electrons. The molecule has 0 aliphatic carbocycles. The standard InChI is InChI=1S/C21H19NO5/c1-6-8-9-14(7-2)19(26-4)18-16-11-10-15(21(25)27-5)12-17(16)22(13(3)23)20(18)24/h1,7-12H,2-5H3/b9-8-,14-7+,19-18+. The first-order chi connectivity index (χ1) is 12.9. The Kier molecular flexibility index (Phi) is 5.99. The zero-order valence-electron chi connectivity index (χ0n) is 15.5. The van der Waals surface area contributed by atoms with Crippen LogP contribution in [0.3, 0.4) is 0 Å². The minimum Gasteiger partial charge on any atom is -0.495 e. The van der Waals surface area contributed by atoms with Crippen LogP contribution in [0.5, 0.6) is 0 Å². The summed E-state index contributed by atoms with van der Waals surface area (Å²) in [6.07, 6.45) is 10.1. The summed E-state index contributed by atoms with van der Waals surface area (Å²) < 4.78 is 10.2. The van der Waals surface area contributed by atoms with Gasteiger partial charge in [0.05, 0.1) is 31.0 Å². The highest BCUT2D eigenvalue weighted by Crippen LogP contribution is 2.41. The molecule has 1 aromatic carbocycles. The smallest absolute Gasteiger partial charge is 0.337 e. The topological polar surface area (TPSA) is 72.9 Å². The molecular formula is C21H19NO5. The van der Waals surface area contributed by atoms with Gasteiger partial charge in [-0.3, -0.25) is 9.59 Å². The number of imide groups is 1. The third-order valence-electron chi connectivity index (χ3n) is 4.02. The molecule has 0 atom stereocenters. The number of nitrogens with zero attached hydrogens (tertiary/aromatic N) is 1. The number of allylic oxidation sites excluding steroid dienone is 3. The molecule has 0 aromatic heterocycles. The SMILES string of the molecule is C#C\C=C/C(=C\C)C(/OC)=C1\C(=O)N(C(C)=O)c2cc(C(=O)OC)ccc21. The summed E-state index contributed by atoms with van der Waals surface area (Å²) >= 11 is 0. The van der Waals surface area contributed by atoms with Gasteiger partial charge in [-0.05, 0) is 31.2 Å². The van der Waals surface area contributed by atoms with Crippen molar-refractivity contribution in [1.82, 2.24) is 0 Å². The summed E-state index contributed by atoms with van der Waals surface area (Å²) in [5.74, 6) is 1.09.